The number of anilines is 3. The zero-order chi connectivity index (χ0) is 23.5. The third-order valence-electron chi connectivity index (χ3n) is 4.46. The lowest BCUT2D eigenvalue weighted by Gasteiger charge is -2.13. The van der Waals surface area contributed by atoms with Gasteiger partial charge in [-0.15, -0.1) is 0 Å². The topological polar surface area (TPSA) is 121 Å². The minimum absolute atomic E-state index is 0.0535. The molecule has 8 nitrogen and oxygen atoms in total. The van der Waals surface area contributed by atoms with Crippen LogP contribution in [-0.4, -0.2) is 29.0 Å². The number of rotatable bonds is 7. The fourth-order valence-corrected chi connectivity index (χ4v) is 4.64. The van der Waals surface area contributed by atoms with Crippen LogP contribution in [0.2, 0.25) is 0 Å². The normalized spacial score (nSPS) is 11.6. The highest BCUT2D eigenvalue weighted by Gasteiger charge is 2.19. The molecule has 0 aliphatic heterocycles. The Balaban J connectivity index is 1.85. The van der Waals surface area contributed by atoms with E-state index in [1.54, 1.807) is 49.4 Å². The van der Waals surface area contributed by atoms with Crippen LogP contribution >= 0.6 is 0 Å². The van der Waals surface area contributed by atoms with E-state index < -0.39 is 26.0 Å². The van der Waals surface area contributed by atoms with Gasteiger partial charge in [0, 0.05) is 16.9 Å². The first-order valence-corrected chi connectivity index (χ1v) is 12.9. The van der Waals surface area contributed by atoms with Gasteiger partial charge in [0.05, 0.1) is 16.8 Å². The number of amides is 1. The molecule has 0 aliphatic carbocycles. The minimum atomic E-state index is -3.91. The van der Waals surface area contributed by atoms with Gasteiger partial charge in [-0.1, -0.05) is 24.3 Å². The van der Waals surface area contributed by atoms with E-state index in [0.717, 1.165) is 11.8 Å². The highest BCUT2D eigenvalue weighted by molar-refractivity contribution is 7.92. The van der Waals surface area contributed by atoms with Gasteiger partial charge >= 0.3 is 0 Å². The van der Waals surface area contributed by atoms with Crippen molar-refractivity contribution in [3.05, 3.63) is 83.4 Å². The third kappa shape index (κ3) is 6.08. The van der Waals surface area contributed by atoms with Crippen molar-refractivity contribution in [3.63, 3.8) is 0 Å². The first kappa shape index (κ1) is 23.3. The number of hydrogen-bond acceptors (Lipinski definition) is 5. The summed E-state index contributed by atoms with van der Waals surface area (Å²) in [5.41, 5.74) is 2.74. The maximum atomic E-state index is 12.8. The molecule has 3 rings (SSSR count). The Morgan fingerprint density at radius 1 is 0.750 bits per heavy atom. The van der Waals surface area contributed by atoms with Crippen LogP contribution in [0.3, 0.4) is 0 Å². The van der Waals surface area contributed by atoms with Crippen LogP contribution in [0, 0.1) is 13.8 Å². The van der Waals surface area contributed by atoms with E-state index in [4.69, 9.17) is 0 Å². The summed E-state index contributed by atoms with van der Waals surface area (Å²) >= 11 is 0. The van der Waals surface area contributed by atoms with Crippen molar-refractivity contribution in [2.24, 2.45) is 0 Å². The van der Waals surface area contributed by atoms with E-state index in [1.165, 1.54) is 18.2 Å². The quantitative estimate of drug-likeness (QED) is 0.483. The molecular formula is C22H23N3O5S2. The van der Waals surface area contributed by atoms with Gasteiger partial charge in [0.15, 0.2) is 0 Å². The van der Waals surface area contributed by atoms with Gasteiger partial charge in [-0.3, -0.25) is 14.2 Å². The number of carbonyl (C=O) groups excluding carboxylic acids is 1. The number of carbonyl (C=O) groups is 1. The predicted octanol–water partition coefficient (Wildman–Crippen LogP) is 3.73. The van der Waals surface area contributed by atoms with Crippen molar-refractivity contribution >= 4 is 43.0 Å². The lowest BCUT2D eigenvalue weighted by molar-refractivity contribution is 0.102. The summed E-state index contributed by atoms with van der Waals surface area (Å²) in [5, 5.41) is 2.67. The van der Waals surface area contributed by atoms with Crippen LogP contribution in [0.1, 0.15) is 21.5 Å². The Kier molecular flexibility index (Phi) is 6.56. The third-order valence-corrected chi connectivity index (χ3v) is 6.44. The van der Waals surface area contributed by atoms with Gasteiger partial charge in [0.1, 0.15) is 0 Å². The number of aryl methyl sites for hydroxylation is 2. The van der Waals surface area contributed by atoms with Crippen LogP contribution in [0.5, 0.6) is 0 Å². The van der Waals surface area contributed by atoms with Crippen LogP contribution < -0.4 is 14.8 Å². The number of benzene rings is 3. The Bertz CT molecular complexity index is 1380. The van der Waals surface area contributed by atoms with Crippen LogP contribution in [-0.2, 0) is 20.0 Å². The number of nitrogens with one attached hydrogen (secondary N) is 3. The zero-order valence-electron chi connectivity index (χ0n) is 17.7. The molecule has 0 fully saturated rings. The standard InChI is InChI=1S/C22H23N3O5S2/c1-15-6-4-8-18(12-15)25-32(29,30)20-11-10-16(2)21(14-20)22(26)23-17-7-5-9-19(13-17)24-31(3,27)28/h4-14,24-25H,1-3H3,(H,23,26). The van der Waals surface area contributed by atoms with Crippen molar-refractivity contribution in [3.8, 4) is 0 Å². The summed E-state index contributed by atoms with van der Waals surface area (Å²) in [6.45, 7) is 3.55. The molecule has 0 radical (unpaired) electrons. The van der Waals surface area contributed by atoms with Gasteiger partial charge in [0.2, 0.25) is 10.0 Å². The SMILES string of the molecule is Cc1cccc(NS(=O)(=O)c2ccc(C)c(C(=O)Nc3cccc(NS(C)(=O)=O)c3)c2)c1. The maximum absolute atomic E-state index is 12.8. The maximum Gasteiger partial charge on any atom is 0.261 e. The monoisotopic (exact) mass is 473 g/mol. The molecule has 0 atom stereocenters. The molecule has 0 saturated carbocycles. The van der Waals surface area contributed by atoms with E-state index >= 15 is 0 Å². The van der Waals surface area contributed by atoms with E-state index in [0.29, 0.717) is 22.6 Å². The van der Waals surface area contributed by atoms with Crippen molar-refractivity contribution in [2.45, 2.75) is 18.7 Å². The van der Waals surface area contributed by atoms with E-state index in [1.807, 2.05) is 13.0 Å². The average molecular weight is 474 g/mol. The van der Waals surface area contributed by atoms with Crippen molar-refractivity contribution in [1.82, 2.24) is 0 Å². The summed E-state index contributed by atoms with van der Waals surface area (Å²) in [7, 11) is -7.38. The molecule has 0 heterocycles. The summed E-state index contributed by atoms with van der Waals surface area (Å²) in [6, 6.07) is 17.4. The van der Waals surface area contributed by atoms with Gasteiger partial charge in [-0.25, -0.2) is 16.8 Å². The molecule has 3 N–H and O–H groups in total. The minimum Gasteiger partial charge on any atom is -0.322 e. The molecule has 3 aromatic rings. The average Bonchev–Trinajstić information content (AvgIpc) is 2.66. The van der Waals surface area contributed by atoms with Gasteiger partial charge < -0.3 is 5.32 Å². The van der Waals surface area contributed by atoms with Crippen LogP contribution in [0.25, 0.3) is 0 Å². The van der Waals surface area contributed by atoms with Gasteiger partial charge in [-0.2, -0.15) is 0 Å². The molecule has 3 aromatic carbocycles. The molecule has 10 heteroatoms. The molecule has 0 unspecified atom stereocenters. The smallest absolute Gasteiger partial charge is 0.261 e. The molecule has 32 heavy (non-hydrogen) atoms. The molecular weight excluding hydrogens is 450 g/mol. The molecule has 0 bridgehead atoms. The Morgan fingerprint density at radius 3 is 2.03 bits per heavy atom. The summed E-state index contributed by atoms with van der Waals surface area (Å²) in [4.78, 5) is 12.8. The summed E-state index contributed by atoms with van der Waals surface area (Å²) < 4.78 is 53.3. The molecule has 0 aliphatic rings. The van der Waals surface area contributed by atoms with E-state index in [-0.39, 0.29) is 10.5 Å². The second-order valence-electron chi connectivity index (χ2n) is 7.36. The van der Waals surface area contributed by atoms with Gasteiger partial charge in [-0.05, 0) is 67.4 Å². The highest BCUT2D eigenvalue weighted by atomic mass is 32.2. The lowest BCUT2D eigenvalue weighted by atomic mass is 10.1. The number of sulfonamides is 2. The Morgan fingerprint density at radius 2 is 1.38 bits per heavy atom. The molecule has 0 saturated heterocycles. The fraction of sp³-hybridized carbons (Fsp3) is 0.136. The van der Waals surface area contributed by atoms with E-state index in [9.17, 15) is 21.6 Å². The predicted molar refractivity (Wildman–Crippen MR) is 126 cm³/mol. The van der Waals surface area contributed by atoms with Crippen LogP contribution in [0.15, 0.2) is 71.6 Å². The second kappa shape index (κ2) is 9.01. The summed E-state index contributed by atoms with van der Waals surface area (Å²) in [6.07, 6.45) is 1.03. The first-order valence-electron chi connectivity index (χ1n) is 9.52. The number of hydrogen-bond donors (Lipinski definition) is 3. The lowest BCUT2D eigenvalue weighted by Crippen LogP contribution is -2.17. The Hall–Kier alpha value is -3.37. The molecule has 0 aromatic heterocycles. The fourth-order valence-electron chi connectivity index (χ4n) is 3.01. The molecule has 168 valence electrons. The summed E-state index contributed by atoms with van der Waals surface area (Å²) in [5.74, 6) is -0.522. The van der Waals surface area contributed by atoms with Crippen molar-refractivity contribution < 1.29 is 21.6 Å². The molecule has 1 amide bonds. The molecule has 0 spiro atoms. The first-order chi connectivity index (χ1) is 14.9. The second-order valence-corrected chi connectivity index (χ2v) is 10.8. The Labute approximate surface area is 187 Å². The van der Waals surface area contributed by atoms with Crippen LogP contribution in [0.4, 0.5) is 17.1 Å². The largest absolute Gasteiger partial charge is 0.322 e. The van der Waals surface area contributed by atoms with Crippen molar-refractivity contribution in [1.29, 1.82) is 0 Å². The van der Waals surface area contributed by atoms with Gasteiger partial charge in [0.25, 0.3) is 15.9 Å². The van der Waals surface area contributed by atoms with Crippen molar-refractivity contribution in [2.75, 3.05) is 21.0 Å². The highest BCUT2D eigenvalue weighted by Crippen LogP contribution is 2.22. The van der Waals surface area contributed by atoms with E-state index in [2.05, 4.69) is 14.8 Å². The zero-order valence-corrected chi connectivity index (χ0v) is 19.3.